The minimum absolute atomic E-state index is 0.0345. The maximum atomic E-state index is 12.7. The van der Waals surface area contributed by atoms with Crippen molar-refractivity contribution in [1.29, 1.82) is 0 Å². The molecule has 0 N–H and O–H groups in total. The number of pyridine rings is 1. The van der Waals surface area contributed by atoms with E-state index in [0.29, 0.717) is 18.8 Å². The molecule has 7 heteroatoms. The van der Waals surface area contributed by atoms with E-state index >= 15 is 0 Å². The van der Waals surface area contributed by atoms with Gasteiger partial charge in [0.05, 0.1) is 18.8 Å². The molecule has 2 saturated heterocycles. The number of hydrogen-bond donors (Lipinski definition) is 0. The minimum atomic E-state index is -0.0345. The highest BCUT2D eigenvalue weighted by Gasteiger charge is 2.38. The average Bonchev–Trinajstić information content (AvgIpc) is 2.69. The lowest BCUT2D eigenvalue weighted by molar-refractivity contribution is -0.101. The molecule has 7 nitrogen and oxygen atoms in total. The maximum Gasteiger partial charge on any atom is 0.272 e. The van der Waals surface area contributed by atoms with Crippen molar-refractivity contribution in [3.63, 3.8) is 0 Å². The molecule has 2 aliphatic rings. The Morgan fingerprint density at radius 2 is 2.20 bits per heavy atom. The molecule has 0 aromatic carbocycles. The second kappa shape index (κ2) is 7.25. The Labute approximate surface area is 146 Å². The lowest BCUT2D eigenvalue weighted by atomic mass is 9.98. The smallest absolute Gasteiger partial charge is 0.272 e. The van der Waals surface area contributed by atoms with Crippen LogP contribution in [0.15, 0.2) is 43.1 Å². The number of likely N-dealkylation sites (tertiary alicyclic amines) is 1. The van der Waals surface area contributed by atoms with Gasteiger partial charge in [0.2, 0.25) is 0 Å². The van der Waals surface area contributed by atoms with E-state index in [2.05, 4.69) is 25.9 Å². The van der Waals surface area contributed by atoms with Gasteiger partial charge in [-0.05, 0) is 24.1 Å². The lowest BCUT2D eigenvalue weighted by Crippen LogP contribution is -2.60. The van der Waals surface area contributed by atoms with Crippen molar-refractivity contribution < 1.29 is 9.53 Å². The van der Waals surface area contributed by atoms with E-state index in [1.54, 1.807) is 18.5 Å². The summed E-state index contributed by atoms with van der Waals surface area (Å²) in [5, 5.41) is 0. The van der Waals surface area contributed by atoms with Gasteiger partial charge in [-0.25, -0.2) is 9.97 Å². The van der Waals surface area contributed by atoms with Crippen molar-refractivity contribution in [3.8, 4) is 0 Å². The molecule has 0 saturated carbocycles. The van der Waals surface area contributed by atoms with E-state index in [1.807, 2.05) is 17.2 Å². The second-order valence-electron chi connectivity index (χ2n) is 6.44. The highest BCUT2D eigenvalue weighted by atomic mass is 16.5. The Morgan fingerprint density at radius 1 is 1.24 bits per heavy atom. The molecule has 4 heterocycles. The number of fused-ring (bicyclic) bond motifs is 1. The number of piperidine rings is 1. The zero-order valence-electron chi connectivity index (χ0n) is 14.0. The van der Waals surface area contributed by atoms with E-state index in [-0.39, 0.29) is 18.1 Å². The molecule has 2 atom stereocenters. The molecule has 2 aliphatic heterocycles. The first kappa shape index (κ1) is 16.1. The highest BCUT2D eigenvalue weighted by Crippen LogP contribution is 2.25. The SMILES string of the molecule is O=C(c1ccncn1)N1CC[C@@H]2OCCN(Cc3cccnc3)[C@H]2C1. The monoisotopic (exact) mass is 339 g/mol. The van der Waals surface area contributed by atoms with Crippen LogP contribution in [0, 0.1) is 0 Å². The van der Waals surface area contributed by atoms with Crippen LogP contribution in [0.2, 0.25) is 0 Å². The van der Waals surface area contributed by atoms with E-state index in [1.165, 1.54) is 11.9 Å². The van der Waals surface area contributed by atoms with E-state index in [4.69, 9.17) is 4.74 Å². The van der Waals surface area contributed by atoms with Crippen LogP contribution in [0.25, 0.3) is 0 Å². The molecular formula is C18H21N5O2. The number of aromatic nitrogens is 3. The molecule has 2 aromatic heterocycles. The van der Waals surface area contributed by atoms with Crippen molar-refractivity contribution in [2.24, 2.45) is 0 Å². The number of morpholine rings is 1. The summed E-state index contributed by atoms with van der Waals surface area (Å²) in [5.41, 5.74) is 1.63. The Hall–Kier alpha value is -2.38. The predicted octanol–water partition coefficient (Wildman–Crippen LogP) is 0.987. The van der Waals surface area contributed by atoms with Crippen LogP contribution in [0.4, 0.5) is 0 Å². The maximum absolute atomic E-state index is 12.7. The molecule has 130 valence electrons. The third-order valence-electron chi connectivity index (χ3n) is 4.90. The van der Waals surface area contributed by atoms with Gasteiger partial charge in [0, 0.05) is 44.8 Å². The number of amides is 1. The molecule has 0 spiro atoms. The fourth-order valence-electron chi connectivity index (χ4n) is 3.63. The number of carbonyl (C=O) groups is 1. The zero-order chi connectivity index (χ0) is 17.1. The normalized spacial score (nSPS) is 23.9. The summed E-state index contributed by atoms with van der Waals surface area (Å²) in [7, 11) is 0. The van der Waals surface area contributed by atoms with E-state index < -0.39 is 0 Å². The first-order chi connectivity index (χ1) is 12.3. The summed E-state index contributed by atoms with van der Waals surface area (Å²) in [5.74, 6) is -0.0345. The fraction of sp³-hybridized carbons (Fsp3) is 0.444. The van der Waals surface area contributed by atoms with E-state index in [0.717, 1.165) is 26.1 Å². The van der Waals surface area contributed by atoms with Gasteiger partial charge in [0.1, 0.15) is 12.0 Å². The number of hydrogen-bond acceptors (Lipinski definition) is 6. The third-order valence-corrected chi connectivity index (χ3v) is 4.90. The minimum Gasteiger partial charge on any atom is -0.375 e. The third kappa shape index (κ3) is 3.52. The molecule has 25 heavy (non-hydrogen) atoms. The standard InChI is InChI=1S/C18H21N5O2/c24-18(15-3-6-20-13-21-15)23-7-4-17-16(12-23)22(8-9-25-17)11-14-2-1-5-19-10-14/h1-3,5-6,10,13,16-17H,4,7-9,11-12H2/t16-,17-/m0/s1. The number of carbonyl (C=O) groups excluding carboxylic acids is 1. The van der Waals surface area contributed by atoms with Gasteiger partial charge >= 0.3 is 0 Å². The van der Waals surface area contributed by atoms with Gasteiger partial charge in [0.25, 0.3) is 5.91 Å². The van der Waals surface area contributed by atoms with Crippen LogP contribution in [-0.2, 0) is 11.3 Å². The van der Waals surface area contributed by atoms with Crippen molar-refractivity contribution in [1.82, 2.24) is 24.8 Å². The van der Waals surface area contributed by atoms with Crippen molar-refractivity contribution >= 4 is 5.91 Å². The summed E-state index contributed by atoms with van der Waals surface area (Å²) in [6, 6.07) is 5.91. The first-order valence-corrected chi connectivity index (χ1v) is 8.61. The summed E-state index contributed by atoms with van der Waals surface area (Å²) >= 11 is 0. The first-order valence-electron chi connectivity index (χ1n) is 8.61. The van der Waals surface area contributed by atoms with Gasteiger partial charge in [0.15, 0.2) is 0 Å². The second-order valence-corrected chi connectivity index (χ2v) is 6.44. The van der Waals surface area contributed by atoms with Crippen molar-refractivity contribution in [2.75, 3.05) is 26.2 Å². The van der Waals surface area contributed by atoms with Crippen LogP contribution < -0.4 is 0 Å². The molecular weight excluding hydrogens is 318 g/mol. The molecule has 2 aromatic rings. The van der Waals surface area contributed by atoms with Crippen LogP contribution in [0.5, 0.6) is 0 Å². The van der Waals surface area contributed by atoms with Gasteiger partial charge in [-0.15, -0.1) is 0 Å². The average molecular weight is 339 g/mol. The largest absolute Gasteiger partial charge is 0.375 e. The van der Waals surface area contributed by atoms with Crippen molar-refractivity contribution in [2.45, 2.75) is 25.1 Å². The molecule has 0 bridgehead atoms. The predicted molar refractivity (Wildman–Crippen MR) is 90.7 cm³/mol. The Morgan fingerprint density at radius 3 is 3.00 bits per heavy atom. The Kier molecular flexibility index (Phi) is 4.67. The highest BCUT2D eigenvalue weighted by molar-refractivity contribution is 5.92. The summed E-state index contributed by atoms with van der Waals surface area (Å²) in [6.45, 7) is 3.79. The molecule has 4 rings (SSSR count). The number of rotatable bonds is 3. The molecule has 2 fully saturated rings. The topological polar surface area (TPSA) is 71.5 Å². The zero-order valence-corrected chi connectivity index (χ0v) is 14.0. The Bertz CT molecular complexity index is 712. The Balaban J connectivity index is 1.48. The summed E-state index contributed by atoms with van der Waals surface area (Å²) in [4.78, 5) is 29.2. The molecule has 0 radical (unpaired) electrons. The number of ether oxygens (including phenoxy) is 1. The van der Waals surface area contributed by atoms with Crippen LogP contribution >= 0.6 is 0 Å². The van der Waals surface area contributed by atoms with E-state index in [9.17, 15) is 4.79 Å². The van der Waals surface area contributed by atoms with Crippen molar-refractivity contribution in [3.05, 3.63) is 54.4 Å². The van der Waals surface area contributed by atoms with Gasteiger partial charge in [-0.3, -0.25) is 14.7 Å². The van der Waals surface area contributed by atoms with Crippen LogP contribution in [0.3, 0.4) is 0 Å². The van der Waals surface area contributed by atoms with Crippen LogP contribution in [-0.4, -0.2) is 69.0 Å². The van der Waals surface area contributed by atoms with Gasteiger partial charge in [-0.1, -0.05) is 6.07 Å². The summed E-state index contributed by atoms with van der Waals surface area (Å²) < 4.78 is 5.96. The molecule has 0 aliphatic carbocycles. The summed E-state index contributed by atoms with van der Waals surface area (Å²) in [6.07, 6.45) is 7.74. The quantitative estimate of drug-likeness (QED) is 0.830. The molecule has 1 amide bonds. The number of nitrogens with zero attached hydrogens (tertiary/aromatic N) is 5. The van der Waals surface area contributed by atoms with Gasteiger partial charge in [-0.2, -0.15) is 0 Å². The van der Waals surface area contributed by atoms with Crippen LogP contribution in [0.1, 0.15) is 22.5 Å². The fourth-order valence-corrected chi connectivity index (χ4v) is 3.63. The lowest BCUT2D eigenvalue weighted by Gasteiger charge is -2.47. The van der Waals surface area contributed by atoms with Gasteiger partial charge < -0.3 is 9.64 Å². The molecule has 0 unspecified atom stereocenters.